The molecule has 0 bridgehead atoms. The van der Waals surface area contributed by atoms with Crippen molar-refractivity contribution in [3.63, 3.8) is 0 Å². The number of ether oxygens (including phenoxy) is 1. The lowest BCUT2D eigenvalue weighted by Gasteiger charge is -2.08. The van der Waals surface area contributed by atoms with Crippen molar-refractivity contribution in [2.45, 2.75) is 17.9 Å². The van der Waals surface area contributed by atoms with Gasteiger partial charge in [-0.15, -0.1) is 0 Å². The zero-order valence-electron chi connectivity index (χ0n) is 12.5. The molecule has 0 fully saturated rings. The van der Waals surface area contributed by atoms with Crippen molar-refractivity contribution >= 4 is 39.2 Å². The van der Waals surface area contributed by atoms with Crippen LogP contribution >= 0.6 is 23.2 Å². The van der Waals surface area contributed by atoms with Crippen LogP contribution < -0.4 is 4.72 Å². The van der Waals surface area contributed by atoms with Gasteiger partial charge >= 0.3 is 5.97 Å². The van der Waals surface area contributed by atoms with Crippen molar-refractivity contribution in [2.24, 2.45) is 0 Å². The van der Waals surface area contributed by atoms with Crippen LogP contribution in [0.2, 0.25) is 10.0 Å². The van der Waals surface area contributed by atoms with Gasteiger partial charge in [-0.25, -0.2) is 13.1 Å². The van der Waals surface area contributed by atoms with Crippen molar-refractivity contribution in [3.05, 3.63) is 64.1 Å². The van der Waals surface area contributed by atoms with E-state index in [1.165, 1.54) is 12.1 Å². The largest absolute Gasteiger partial charge is 0.461 e. The van der Waals surface area contributed by atoms with Crippen LogP contribution in [0.3, 0.4) is 0 Å². The summed E-state index contributed by atoms with van der Waals surface area (Å²) in [4.78, 5) is 11.8. The van der Waals surface area contributed by atoms with E-state index in [9.17, 15) is 13.2 Å². The molecule has 128 valence electrons. The van der Waals surface area contributed by atoms with Crippen LogP contribution in [0, 0.1) is 0 Å². The molecule has 0 radical (unpaired) electrons. The quantitative estimate of drug-likeness (QED) is 0.738. The first-order chi connectivity index (χ1) is 11.4. The number of halogens is 2. The van der Waals surface area contributed by atoms with Crippen LogP contribution in [-0.2, 0) is 26.2 Å². The van der Waals surface area contributed by atoms with Gasteiger partial charge in [0.25, 0.3) is 0 Å². The third kappa shape index (κ3) is 5.49. The van der Waals surface area contributed by atoms with Gasteiger partial charge in [0.05, 0.1) is 21.4 Å². The summed E-state index contributed by atoms with van der Waals surface area (Å²) in [6, 6.07) is 12.8. The molecule has 1 N–H and O–H groups in total. The molecule has 0 aliphatic rings. The molecule has 24 heavy (non-hydrogen) atoms. The Bertz CT molecular complexity index is 810. The summed E-state index contributed by atoms with van der Waals surface area (Å²) in [6.45, 7) is -0.00140. The first-order valence-corrected chi connectivity index (χ1v) is 9.26. The number of hydrogen-bond donors (Lipinski definition) is 1. The molecule has 0 aliphatic carbocycles. The Morgan fingerprint density at radius 3 is 2.42 bits per heavy atom. The molecule has 0 saturated heterocycles. The minimum atomic E-state index is -3.62. The van der Waals surface area contributed by atoms with Crippen molar-refractivity contribution in [1.29, 1.82) is 0 Å². The molecule has 0 atom stereocenters. The minimum absolute atomic E-state index is 0.0428. The standard InChI is InChI=1S/C16H15Cl2NO4S/c17-14-7-6-12(10-15(14)18)11-23-16(20)8-9-19-24(21,22)13-4-2-1-3-5-13/h1-7,10,19H,8-9,11H2. The van der Waals surface area contributed by atoms with Crippen LogP contribution in [0.25, 0.3) is 0 Å². The predicted octanol–water partition coefficient (Wildman–Crippen LogP) is 3.41. The molecule has 0 aliphatic heterocycles. The molecule has 0 heterocycles. The third-order valence-corrected chi connectivity index (χ3v) is 5.27. The Morgan fingerprint density at radius 1 is 1.04 bits per heavy atom. The molecule has 0 amide bonds. The molecular formula is C16H15Cl2NO4S. The number of hydrogen-bond acceptors (Lipinski definition) is 4. The van der Waals surface area contributed by atoms with Crippen molar-refractivity contribution in [3.8, 4) is 0 Å². The minimum Gasteiger partial charge on any atom is -0.461 e. The normalized spacial score (nSPS) is 11.2. The number of benzene rings is 2. The Hall–Kier alpha value is -1.60. The second-order valence-electron chi connectivity index (χ2n) is 4.87. The van der Waals surface area contributed by atoms with Crippen LogP contribution in [0.4, 0.5) is 0 Å². The van der Waals surface area contributed by atoms with Gasteiger partial charge in [-0.05, 0) is 29.8 Å². The van der Waals surface area contributed by atoms with Gasteiger partial charge in [-0.2, -0.15) is 0 Å². The number of esters is 1. The Kier molecular flexibility index (Phi) is 6.62. The van der Waals surface area contributed by atoms with Crippen molar-refractivity contribution in [2.75, 3.05) is 6.54 Å². The first kappa shape index (κ1) is 18.7. The molecule has 0 saturated carbocycles. The summed E-state index contributed by atoms with van der Waals surface area (Å²) in [7, 11) is -3.62. The highest BCUT2D eigenvalue weighted by atomic mass is 35.5. The van der Waals surface area contributed by atoms with E-state index >= 15 is 0 Å². The average molecular weight is 388 g/mol. The number of sulfonamides is 1. The molecule has 8 heteroatoms. The summed E-state index contributed by atoms with van der Waals surface area (Å²) in [6.07, 6.45) is -0.0760. The molecule has 0 unspecified atom stereocenters. The molecule has 2 aromatic rings. The van der Waals surface area contributed by atoms with Crippen molar-refractivity contribution < 1.29 is 17.9 Å². The summed E-state index contributed by atoms with van der Waals surface area (Å²) >= 11 is 11.7. The zero-order chi connectivity index (χ0) is 17.6. The van der Waals surface area contributed by atoms with E-state index in [4.69, 9.17) is 27.9 Å². The maximum atomic E-state index is 12.0. The van der Waals surface area contributed by atoms with Crippen LogP contribution in [-0.4, -0.2) is 20.9 Å². The fourth-order valence-corrected chi connectivity index (χ4v) is 3.21. The van der Waals surface area contributed by atoms with Crippen molar-refractivity contribution in [1.82, 2.24) is 4.72 Å². The fourth-order valence-electron chi connectivity index (χ4n) is 1.84. The van der Waals surface area contributed by atoms with Gasteiger partial charge in [-0.1, -0.05) is 47.5 Å². The molecule has 2 aromatic carbocycles. The van der Waals surface area contributed by atoms with Gasteiger partial charge < -0.3 is 4.74 Å². The van der Waals surface area contributed by atoms with Gasteiger partial charge in [-0.3, -0.25) is 4.79 Å². The third-order valence-electron chi connectivity index (χ3n) is 3.06. The smallest absolute Gasteiger partial charge is 0.307 e. The molecule has 0 spiro atoms. The van der Waals surface area contributed by atoms with E-state index in [1.54, 1.807) is 36.4 Å². The molecule has 2 rings (SSSR count). The molecule has 5 nitrogen and oxygen atoms in total. The van der Waals surface area contributed by atoms with Crippen LogP contribution in [0.1, 0.15) is 12.0 Å². The van der Waals surface area contributed by atoms with E-state index < -0.39 is 16.0 Å². The molecular weight excluding hydrogens is 373 g/mol. The summed E-state index contributed by atoms with van der Waals surface area (Å²) in [5.41, 5.74) is 0.697. The Morgan fingerprint density at radius 2 is 1.75 bits per heavy atom. The lowest BCUT2D eigenvalue weighted by atomic mass is 10.2. The van der Waals surface area contributed by atoms with E-state index in [-0.39, 0.29) is 24.5 Å². The molecule has 0 aromatic heterocycles. The van der Waals surface area contributed by atoms with Gasteiger partial charge in [0, 0.05) is 6.54 Å². The Labute approximate surface area is 150 Å². The predicted molar refractivity (Wildman–Crippen MR) is 92.5 cm³/mol. The number of rotatable bonds is 7. The van der Waals surface area contributed by atoms with Gasteiger partial charge in [0.1, 0.15) is 6.61 Å². The summed E-state index contributed by atoms with van der Waals surface area (Å²) < 4.78 is 31.4. The number of carbonyl (C=O) groups excluding carboxylic acids is 1. The zero-order valence-corrected chi connectivity index (χ0v) is 14.9. The highest BCUT2D eigenvalue weighted by molar-refractivity contribution is 7.89. The van der Waals surface area contributed by atoms with E-state index in [0.717, 1.165) is 0 Å². The van der Waals surface area contributed by atoms with E-state index in [0.29, 0.717) is 15.6 Å². The second kappa shape index (κ2) is 8.48. The average Bonchev–Trinajstić information content (AvgIpc) is 2.56. The SMILES string of the molecule is O=C(CCNS(=O)(=O)c1ccccc1)OCc1ccc(Cl)c(Cl)c1. The van der Waals surface area contributed by atoms with E-state index in [1.807, 2.05) is 0 Å². The van der Waals surface area contributed by atoms with Crippen LogP contribution in [0.15, 0.2) is 53.4 Å². The van der Waals surface area contributed by atoms with Gasteiger partial charge in [0.2, 0.25) is 10.0 Å². The van der Waals surface area contributed by atoms with Crippen LogP contribution in [0.5, 0.6) is 0 Å². The lowest BCUT2D eigenvalue weighted by molar-refractivity contribution is -0.144. The second-order valence-corrected chi connectivity index (χ2v) is 7.45. The highest BCUT2D eigenvalue weighted by Crippen LogP contribution is 2.22. The summed E-state index contributed by atoms with van der Waals surface area (Å²) in [5, 5.41) is 0.794. The van der Waals surface area contributed by atoms with E-state index in [2.05, 4.69) is 4.72 Å². The maximum absolute atomic E-state index is 12.0. The topological polar surface area (TPSA) is 72.5 Å². The monoisotopic (exact) mass is 387 g/mol. The lowest BCUT2D eigenvalue weighted by Crippen LogP contribution is -2.26. The number of nitrogens with one attached hydrogen (secondary N) is 1. The highest BCUT2D eigenvalue weighted by Gasteiger charge is 2.13. The fraction of sp³-hybridized carbons (Fsp3) is 0.188. The first-order valence-electron chi connectivity index (χ1n) is 7.03. The number of carbonyl (C=O) groups is 1. The maximum Gasteiger partial charge on any atom is 0.307 e. The Balaban J connectivity index is 1.78. The summed E-state index contributed by atoms with van der Waals surface area (Å²) in [5.74, 6) is -0.517. The van der Waals surface area contributed by atoms with Gasteiger partial charge in [0.15, 0.2) is 0 Å².